The summed E-state index contributed by atoms with van der Waals surface area (Å²) in [5.41, 5.74) is 6.90. The maximum Gasteiger partial charge on any atom is 0.111 e. The van der Waals surface area contributed by atoms with Gasteiger partial charge < -0.3 is 10.5 Å². The summed E-state index contributed by atoms with van der Waals surface area (Å²) in [6, 6.07) is 0. The molecule has 2 rings (SSSR count). The number of morpholine rings is 1. The van der Waals surface area contributed by atoms with Crippen molar-refractivity contribution in [2.75, 3.05) is 32.0 Å². The van der Waals surface area contributed by atoms with Crippen LogP contribution in [0.2, 0.25) is 0 Å². The van der Waals surface area contributed by atoms with Gasteiger partial charge in [-0.3, -0.25) is 4.90 Å². The molecule has 4 nitrogen and oxygen atoms in total. The Morgan fingerprint density at radius 3 is 2.92 bits per heavy atom. The van der Waals surface area contributed by atoms with Crippen molar-refractivity contribution in [2.45, 2.75) is 6.54 Å². The summed E-state index contributed by atoms with van der Waals surface area (Å²) in [6.45, 7) is 4.56. The van der Waals surface area contributed by atoms with Gasteiger partial charge in [0.25, 0.3) is 0 Å². The topological polar surface area (TPSA) is 51.4 Å². The summed E-state index contributed by atoms with van der Waals surface area (Å²) in [5, 5.41) is 0.839. The van der Waals surface area contributed by atoms with Crippen LogP contribution in [-0.2, 0) is 11.3 Å². The highest BCUT2D eigenvalue weighted by molar-refractivity contribution is 7.10. The van der Waals surface area contributed by atoms with Crippen LogP contribution in [0.5, 0.6) is 0 Å². The van der Waals surface area contributed by atoms with Crippen molar-refractivity contribution < 1.29 is 4.74 Å². The van der Waals surface area contributed by atoms with Gasteiger partial charge in [0, 0.05) is 31.4 Å². The van der Waals surface area contributed by atoms with Crippen LogP contribution in [-0.4, -0.2) is 35.6 Å². The average molecular weight is 199 g/mol. The third kappa shape index (κ3) is 2.18. The smallest absolute Gasteiger partial charge is 0.111 e. The number of hydrogen-bond acceptors (Lipinski definition) is 5. The van der Waals surface area contributed by atoms with Crippen molar-refractivity contribution in [2.24, 2.45) is 0 Å². The SMILES string of the molecule is Nc1sncc1CN1CCOCC1. The molecule has 0 saturated carbocycles. The average Bonchev–Trinajstić information content (AvgIpc) is 2.54. The Kier molecular flexibility index (Phi) is 2.77. The summed E-state index contributed by atoms with van der Waals surface area (Å²) < 4.78 is 9.31. The number of hydrogen-bond donors (Lipinski definition) is 1. The van der Waals surface area contributed by atoms with E-state index in [1.165, 1.54) is 11.5 Å². The van der Waals surface area contributed by atoms with Crippen molar-refractivity contribution >= 4 is 16.5 Å². The molecule has 0 radical (unpaired) electrons. The molecule has 0 aliphatic carbocycles. The molecule has 0 unspecified atom stereocenters. The Labute approximate surface area is 81.5 Å². The Hall–Kier alpha value is -0.650. The van der Waals surface area contributed by atoms with E-state index in [2.05, 4.69) is 9.27 Å². The second-order valence-corrected chi connectivity index (χ2v) is 3.94. The fraction of sp³-hybridized carbons (Fsp3) is 0.625. The number of aromatic nitrogens is 1. The summed E-state index contributed by atoms with van der Waals surface area (Å²) in [5.74, 6) is 0. The molecule has 1 aromatic heterocycles. The summed E-state index contributed by atoms with van der Waals surface area (Å²) in [7, 11) is 0. The van der Waals surface area contributed by atoms with Gasteiger partial charge in [-0.05, 0) is 11.5 Å². The standard InChI is InChI=1S/C8H13N3OS/c9-8-7(5-10-13-8)6-11-1-3-12-4-2-11/h5H,1-4,6,9H2. The van der Waals surface area contributed by atoms with Gasteiger partial charge in [-0.25, -0.2) is 0 Å². The zero-order chi connectivity index (χ0) is 9.10. The molecule has 0 atom stereocenters. The second kappa shape index (κ2) is 4.04. The molecule has 72 valence electrons. The van der Waals surface area contributed by atoms with E-state index >= 15 is 0 Å². The van der Waals surface area contributed by atoms with E-state index in [0.717, 1.165) is 43.4 Å². The third-order valence-corrected chi connectivity index (χ3v) is 2.84. The molecular formula is C8H13N3OS. The van der Waals surface area contributed by atoms with Crippen LogP contribution < -0.4 is 5.73 Å². The van der Waals surface area contributed by atoms with Crippen LogP contribution in [0.15, 0.2) is 6.20 Å². The number of nitrogen functional groups attached to an aromatic ring is 1. The molecule has 0 aromatic carbocycles. The Balaban J connectivity index is 1.93. The number of nitrogens with two attached hydrogens (primary N) is 1. The van der Waals surface area contributed by atoms with Crippen LogP contribution in [0.3, 0.4) is 0 Å². The molecule has 1 aromatic rings. The molecule has 1 fully saturated rings. The molecule has 0 amide bonds. The first-order chi connectivity index (χ1) is 6.36. The van der Waals surface area contributed by atoms with Crippen molar-refractivity contribution in [1.82, 2.24) is 9.27 Å². The lowest BCUT2D eigenvalue weighted by atomic mass is 10.3. The van der Waals surface area contributed by atoms with Gasteiger partial charge in [-0.1, -0.05) is 0 Å². The van der Waals surface area contributed by atoms with E-state index in [4.69, 9.17) is 10.5 Å². The quantitative estimate of drug-likeness (QED) is 0.756. The molecule has 5 heteroatoms. The Morgan fingerprint density at radius 1 is 1.54 bits per heavy atom. The van der Waals surface area contributed by atoms with Crippen LogP contribution >= 0.6 is 11.5 Å². The third-order valence-electron chi connectivity index (χ3n) is 2.17. The van der Waals surface area contributed by atoms with Gasteiger partial charge in [0.1, 0.15) is 5.00 Å². The number of ether oxygens (including phenoxy) is 1. The lowest BCUT2D eigenvalue weighted by Gasteiger charge is -2.26. The molecule has 0 spiro atoms. The van der Waals surface area contributed by atoms with E-state index in [0.29, 0.717) is 0 Å². The highest BCUT2D eigenvalue weighted by Crippen LogP contribution is 2.17. The number of anilines is 1. The van der Waals surface area contributed by atoms with Gasteiger partial charge in [0.15, 0.2) is 0 Å². The first-order valence-corrected chi connectivity index (χ1v) is 5.13. The minimum absolute atomic E-state index is 0.831. The van der Waals surface area contributed by atoms with Crippen LogP contribution in [0.1, 0.15) is 5.56 Å². The van der Waals surface area contributed by atoms with Gasteiger partial charge >= 0.3 is 0 Å². The van der Waals surface area contributed by atoms with E-state index in [-0.39, 0.29) is 0 Å². The first-order valence-electron chi connectivity index (χ1n) is 4.35. The predicted molar refractivity (Wildman–Crippen MR) is 52.6 cm³/mol. The highest BCUT2D eigenvalue weighted by Gasteiger charge is 2.12. The lowest BCUT2D eigenvalue weighted by molar-refractivity contribution is 0.0343. The molecule has 2 N–H and O–H groups in total. The summed E-state index contributed by atoms with van der Waals surface area (Å²) in [6.07, 6.45) is 1.86. The largest absolute Gasteiger partial charge is 0.389 e. The minimum atomic E-state index is 0.831. The van der Waals surface area contributed by atoms with Crippen molar-refractivity contribution in [3.8, 4) is 0 Å². The van der Waals surface area contributed by atoms with Crippen LogP contribution in [0.4, 0.5) is 5.00 Å². The van der Waals surface area contributed by atoms with Gasteiger partial charge in [0.05, 0.1) is 13.2 Å². The predicted octanol–water partition coefficient (Wildman–Crippen LogP) is 0.557. The zero-order valence-electron chi connectivity index (χ0n) is 7.40. The van der Waals surface area contributed by atoms with E-state index in [1.54, 1.807) is 0 Å². The zero-order valence-corrected chi connectivity index (χ0v) is 8.22. The fourth-order valence-electron chi connectivity index (χ4n) is 1.39. The van der Waals surface area contributed by atoms with Gasteiger partial charge in [0.2, 0.25) is 0 Å². The molecule has 1 aliphatic heterocycles. The normalized spacial score (nSPS) is 19.1. The molecule has 1 aliphatic rings. The molecule has 0 bridgehead atoms. The highest BCUT2D eigenvalue weighted by atomic mass is 32.1. The molecule has 2 heterocycles. The fourth-order valence-corrected chi connectivity index (χ4v) is 1.92. The first kappa shape index (κ1) is 8.93. The number of nitrogens with zero attached hydrogens (tertiary/aromatic N) is 2. The van der Waals surface area contributed by atoms with Crippen molar-refractivity contribution in [1.29, 1.82) is 0 Å². The number of rotatable bonds is 2. The van der Waals surface area contributed by atoms with Gasteiger partial charge in [-0.15, -0.1) is 0 Å². The molecular weight excluding hydrogens is 186 g/mol. The Bertz CT molecular complexity index is 270. The van der Waals surface area contributed by atoms with Gasteiger partial charge in [-0.2, -0.15) is 4.37 Å². The van der Waals surface area contributed by atoms with Crippen LogP contribution in [0, 0.1) is 0 Å². The summed E-state index contributed by atoms with van der Waals surface area (Å²) in [4.78, 5) is 2.34. The van der Waals surface area contributed by atoms with Crippen molar-refractivity contribution in [3.63, 3.8) is 0 Å². The maximum atomic E-state index is 5.76. The van der Waals surface area contributed by atoms with Crippen LogP contribution in [0.25, 0.3) is 0 Å². The molecule has 1 saturated heterocycles. The minimum Gasteiger partial charge on any atom is -0.389 e. The Morgan fingerprint density at radius 2 is 2.31 bits per heavy atom. The second-order valence-electron chi connectivity index (χ2n) is 3.10. The van der Waals surface area contributed by atoms with Crippen molar-refractivity contribution in [3.05, 3.63) is 11.8 Å². The van der Waals surface area contributed by atoms with E-state index < -0.39 is 0 Å². The summed E-state index contributed by atoms with van der Waals surface area (Å²) >= 11 is 1.36. The lowest BCUT2D eigenvalue weighted by Crippen LogP contribution is -2.35. The molecule has 13 heavy (non-hydrogen) atoms. The van der Waals surface area contributed by atoms with E-state index in [9.17, 15) is 0 Å². The maximum absolute atomic E-state index is 5.76. The van der Waals surface area contributed by atoms with E-state index in [1.807, 2.05) is 6.20 Å². The monoisotopic (exact) mass is 199 g/mol.